The predicted molar refractivity (Wildman–Crippen MR) is 71.7 cm³/mol. The number of aromatic nitrogens is 1. The highest BCUT2D eigenvalue weighted by molar-refractivity contribution is 5.92. The molecule has 0 saturated carbocycles. The standard InChI is InChI=1S/C15H13FN2O2/c16-12-3-1-2-10(6-12)11-4-5-14(17-7-11)15(19)18-13-8-20-9-13/h1-7,13H,8-9H2,(H,18,19). The van der Waals surface area contributed by atoms with Crippen LogP contribution in [0, 0.1) is 5.82 Å². The van der Waals surface area contributed by atoms with Gasteiger partial charge >= 0.3 is 0 Å². The minimum absolute atomic E-state index is 0.0761. The van der Waals surface area contributed by atoms with Gasteiger partial charge in [0, 0.05) is 11.8 Å². The van der Waals surface area contributed by atoms with Crippen molar-refractivity contribution in [1.82, 2.24) is 10.3 Å². The summed E-state index contributed by atoms with van der Waals surface area (Å²) in [7, 11) is 0. The second-order valence-corrected chi connectivity index (χ2v) is 4.65. The lowest BCUT2D eigenvalue weighted by Crippen LogP contribution is -2.48. The Labute approximate surface area is 115 Å². The van der Waals surface area contributed by atoms with E-state index in [0.29, 0.717) is 18.9 Å². The highest BCUT2D eigenvalue weighted by Gasteiger charge is 2.21. The molecule has 1 N–H and O–H groups in total. The van der Waals surface area contributed by atoms with Crippen LogP contribution in [0.2, 0.25) is 0 Å². The van der Waals surface area contributed by atoms with Gasteiger partial charge in [0.2, 0.25) is 0 Å². The van der Waals surface area contributed by atoms with Crippen molar-refractivity contribution in [3.8, 4) is 11.1 Å². The summed E-state index contributed by atoms with van der Waals surface area (Å²) in [5, 5.41) is 2.81. The summed E-state index contributed by atoms with van der Waals surface area (Å²) in [6.07, 6.45) is 1.57. The summed E-state index contributed by atoms with van der Waals surface area (Å²) >= 11 is 0. The van der Waals surface area contributed by atoms with Gasteiger partial charge < -0.3 is 10.1 Å². The number of benzene rings is 1. The molecule has 2 heterocycles. The van der Waals surface area contributed by atoms with E-state index >= 15 is 0 Å². The van der Waals surface area contributed by atoms with E-state index in [1.807, 2.05) is 0 Å². The molecule has 0 spiro atoms. The maximum absolute atomic E-state index is 13.2. The van der Waals surface area contributed by atoms with Crippen LogP contribution in [0.3, 0.4) is 0 Å². The molecule has 0 bridgehead atoms. The third-order valence-corrected chi connectivity index (χ3v) is 3.13. The first-order valence-corrected chi connectivity index (χ1v) is 6.33. The van der Waals surface area contributed by atoms with E-state index in [1.165, 1.54) is 12.1 Å². The van der Waals surface area contributed by atoms with Crippen LogP contribution in [0.1, 0.15) is 10.5 Å². The molecule has 4 nitrogen and oxygen atoms in total. The highest BCUT2D eigenvalue weighted by Crippen LogP contribution is 2.19. The van der Waals surface area contributed by atoms with Gasteiger partial charge in [0.05, 0.1) is 19.3 Å². The van der Waals surface area contributed by atoms with Crippen LogP contribution >= 0.6 is 0 Å². The number of carbonyl (C=O) groups excluding carboxylic acids is 1. The fourth-order valence-electron chi connectivity index (χ4n) is 1.95. The summed E-state index contributed by atoms with van der Waals surface area (Å²) < 4.78 is 18.1. The third kappa shape index (κ3) is 2.67. The van der Waals surface area contributed by atoms with E-state index in [2.05, 4.69) is 10.3 Å². The second kappa shape index (κ2) is 5.38. The van der Waals surface area contributed by atoms with E-state index in [9.17, 15) is 9.18 Å². The number of carbonyl (C=O) groups is 1. The van der Waals surface area contributed by atoms with Crippen molar-refractivity contribution in [1.29, 1.82) is 0 Å². The van der Waals surface area contributed by atoms with Crippen LogP contribution in [-0.2, 0) is 4.74 Å². The number of nitrogens with one attached hydrogen (secondary N) is 1. The number of hydrogen-bond donors (Lipinski definition) is 1. The van der Waals surface area contributed by atoms with Crippen LogP contribution in [0.15, 0.2) is 42.6 Å². The first-order valence-electron chi connectivity index (χ1n) is 6.33. The van der Waals surface area contributed by atoms with Gasteiger partial charge in [-0.1, -0.05) is 18.2 Å². The van der Waals surface area contributed by atoms with Crippen molar-refractivity contribution in [2.75, 3.05) is 13.2 Å². The molecule has 1 aromatic heterocycles. The van der Waals surface area contributed by atoms with Gasteiger partial charge in [-0.15, -0.1) is 0 Å². The van der Waals surface area contributed by atoms with Gasteiger partial charge in [0.1, 0.15) is 11.5 Å². The van der Waals surface area contributed by atoms with Gasteiger partial charge in [0.15, 0.2) is 0 Å². The largest absolute Gasteiger partial charge is 0.377 e. The van der Waals surface area contributed by atoms with Crippen LogP contribution in [0.25, 0.3) is 11.1 Å². The van der Waals surface area contributed by atoms with Gasteiger partial charge in [-0.2, -0.15) is 0 Å². The number of amides is 1. The van der Waals surface area contributed by atoms with E-state index in [0.717, 1.165) is 11.1 Å². The summed E-state index contributed by atoms with van der Waals surface area (Å²) in [6.45, 7) is 1.10. The smallest absolute Gasteiger partial charge is 0.270 e. The van der Waals surface area contributed by atoms with E-state index in [4.69, 9.17) is 4.74 Å². The minimum atomic E-state index is -0.297. The zero-order valence-electron chi connectivity index (χ0n) is 10.7. The summed E-state index contributed by atoms with van der Waals surface area (Å²) in [6, 6.07) is 9.73. The van der Waals surface area contributed by atoms with Crippen molar-refractivity contribution >= 4 is 5.91 Å². The number of nitrogens with zero attached hydrogens (tertiary/aromatic N) is 1. The average molecular weight is 272 g/mol. The predicted octanol–water partition coefficient (Wildman–Crippen LogP) is 2.02. The molecule has 1 fully saturated rings. The number of rotatable bonds is 3. The van der Waals surface area contributed by atoms with E-state index in [-0.39, 0.29) is 17.8 Å². The Morgan fingerprint density at radius 1 is 1.25 bits per heavy atom. The third-order valence-electron chi connectivity index (χ3n) is 3.13. The molecule has 102 valence electrons. The fourth-order valence-corrected chi connectivity index (χ4v) is 1.95. The van der Waals surface area contributed by atoms with Crippen molar-refractivity contribution in [3.05, 3.63) is 54.1 Å². The lowest BCUT2D eigenvalue weighted by Gasteiger charge is -2.26. The summed E-state index contributed by atoms with van der Waals surface area (Å²) in [5.74, 6) is -0.515. The summed E-state index contributed by atoms with van der Waals surface area (Å²) in [5.41, 5.74) is 1.85. The van der Waals surface area contributed by atoms with Crippen molar-refractivity contribution in [2.24, 2.45) is 0 Å². The number of hydrogen-bond acceptors (Lipinski definition) is 3. The van der Waals surface area contributed by atoms with Crippen molar-refractivity contribution in [2.45, 2.75) is 6.04 Å². The molecule has 0 aliphatic carbocycles. The zero-order valence-corrected chi connectivity index (χ0v) is 10.7. The SMILES string of the molecule is O=C(NC1COC1)c1ccc(-c2cccc(F)c2)cn1. The van der Waals surface area contributed by atoms with Gasteiger partial charge in [-0.05, 0) is 23.8 Å². The normalized spacial score (nSPS) is 14.7. The maximum Gasteiger partial charge on any atom is 0.270 e. The van der Waals surface area contributed by atoms with Crippen molar-refractivity contribution in [3.63, 3.8) is 0 Å². The fraction of sp³-hybridized carbons (Fsp3) is 0.200. The lowest BCUT2D eigenvalue weighted by molar-refractivity contribution is -0.00354. The quantitative estimate of drug-likeness (QED) is 0.930. The van der Waals surface area contributed by atoms with E-state index < -0.39 is 0 Å². The highest BCUT2D eigenvalue weighted by atomic mass is 19.1. The molecule has 2 aromatic rings. The van der Waals surface area contributed by atoms with Crippen LogP contribution < -0.4 is 5.32 Å². The van der Waals surface area contributed by atoms with Gasteiger partial charge in [0.25, 0.3) is 5.91 Å². The van der Waals surface area contributed by atoms with Crippen molar-refractivity contribution < 1.29 is 13.9 Å². The Kier molecular flexibility index (Phi) is 3.43. The molecule has 0 atom stereocenters. The molecule has 5 heteroatoms. The van der Waals surface area contributed by atoms with Crippen LogP contribution in [0.4, 0.5) is 4.39 Å². The second-order valence-electron chi connectivity index (χ2n) is 4.65. The van der Waals surface area contributed by atoms with Crippen LogP contribution in [-0.4, -0.2) is 30.1 Å². The molecule has 0 unspecified atom stereocenters. The number of ether oxygens (including phenoxy) is 1. The average Bonchev–Trinajstić information content (AvgIpc) is 2.43. The first kappa shape index (κ1) is 12.7. The van der Waals surface area contributed by atoms with Gasteiger partial charge in [-0.3, -0.25) is 9.78 Å². The molecule has 1 amide bonds. The Morgan fingerprint density at radius 2 is 2.10 bits per heavy atom. The molecule has 3 rings (SSSR count). The zero-order chi connectivity index (χ0) is 13.9. The topological polar surface area (TPSA) is 51.2 Å². The van der Waals surface area contributed by atoms with Crippen LogP contribution in [0.5, 0.6) is 0 Å². The molecular formula is C15H13FN2O2. The summed E-state index contributed by atoms with van der Waals surface area (Å²) in [4.78, 5) is 16.0. The molecule has 1 aromatic carbocycles. The molecule has 20 heavy (non-hydrogen) atoms. The molecule has 1 aliphatic rings. The lowest BCUT2D eigenvalue weighted by atomic mass is 10.1. The molecule has 0 radical (unpaired) electrons. The Morgan fingerprint density at radius 3 is 2.70 bits per heavy atom. The minimum Gasteiger partial charge on any atom is -0.377 e. The molecular weight excluding hydrogens is 259 g/mol. The Balaban J connectivity index is 1.75. The number of pyridine rings is 1. The Hall–Kier alpha value is -2.27. The van der Waals surface area contributed by atoms with E-state index in [1.54, 1.807) is 30.5 Å². The molecule has 1 aliphatic heterocycles. The van der Waals surface area contributed by atoms with Gasteiger partial charge in [-0.25, -0.2) is 4.39 Å². The first-order chi connectivity index (χ1) is 9.72. The maximum atomic E-state index is 13.2. The Bertz CT molecular complexity index is 624. The molecule has 1 saturated heterocycles. The monoisotopic (exact) mass is 272 g/mol. The number of halogens is 1.